The van der Waals surface area contributed by atoms with Gasteiger partial charge in [-0.1, -0.05) is 33.6 Å². The molecule has 0 radical (unpaired) electrons. The van der Waals surface area contributed by atoms with Crippen molar-refractivity contribution in [3.05, 3.63) is 0 Å². The molecule has 0 aliphatic heterocycles. The fraction of sp³-hybridized carbons (Fsp3) is 1.00. The molecule has 0 amide bonds. The molecular formula is C10H22O8P2-2. The lowest BCUT2D eigenvalue weighted by molar-refractivity contribution is -0.347. The Morgan fingerprint density at radius 1 is 1.10 bits per heavy atom. The van der Waals surface area contributed by atoms with Crippen molar-refractivity contribution in [2.45, 2.75) is 52.6 Å². The van der Waals surface area contributed by atoms with Crippen LogP contribution in [-0.4, -0.2) is 22.5 Å². The number of unbranched alkanes of at least 4 members (excludes halogenated alkanes) is 2. The van der Waals surface area contributed by atoms with Crippen LogP contribution in [0.5, 0.6) is 0 Å². The van der Waals surface area contributed by atoms with Gasteiger partial charge in [-0.2, -0.15) is 0 Å². The van der Waals surface area contributed by atoms with Crippen LogP contribution in [0.25, 0.3) is 0 Å². The van der Waals surface area contributed by atoms with E-state index in [4.69, 9.17) is 9.79 Å². The molecule has 10 heteroatoms. The Balaban J connectivity index is 4.05. The van der Waals surface area contributed by atoms with Crippen LogP contribution >= 0.6 is 15.6 Å². The molecule has 0 fully saturated rings. The predicted molar refractivity (Wildman–Crippen MR) is 68.4 cm³/mol. The molecule has 1 atom stereocenters. The van der Waals surface area contributed by atoms with Gasteiger partial charge >= 0.3 is 7.82 Å². The van der Waals surface area contributed by atoms with E-state index in [2.05, 4.69) is 9.05 Å². The SMILES string of the molecule is CC(C)(C)C(CCCCCOP(=O)(O)O)OP(=O)([O-])[O-]. The second kappa shape index (κ2) is 8.01. The molecule has 0 rings (SSSR count). The zero-order chi connectivity index (χ0) is 16.0. The zero-order valence-corrected chi connectivity index (χ0v) is 13.6. The molecule has 0 aromatic rings. The molecule has 0 aliphatic rings. The van der Waals surface area contributed by atoms with E-state index >= 15 is 0 Å². The van der Waals surface area contributed by atoms with E-state index in [1.807, 2.05) is 0 Å². The van der Waals surface area contributed by atoms with E-state index in [1.54, 1.807) is 20.8 Å². The summed E-state index contributed by atoms with van der Waals surface area (Å²) in [5.41, 5.74) is -0.493. The summed E-state index contributed by atoms with van der Waals surface area (Å²) in [6, 6.07) is 0. The summed E-state index contributed by atoms with van der Waals surface area (Å²) in [5, 5.41) is 0. The molecule has 0 saturated heterocycles. The van der Waals surface area contributed by atoms with Crippen LogP contribution in [0.1, 0.15) is 46.5 Å². The van der Waals surface area contributed by atoms with Gasteiger partial charge in [-0.15, -0.1) is 0 Å². The smallest absolute Gasteiger partial charge is 0.469 e. The second-order valence-electron chi connectivity index (χ2n) is 5.58. The summed E-state index contributed by atoms with van der Waals surface area (Å²) in [4.78, 5) is 38.3. The summed E-state index contributed by atoms with van der Waals surface area (Å²) >= 11 is 0. The van der Waals surface area contributed by atoms with Crippen LogP contribution in [0.3, 0.4) is 0 Å². The lowest BCUT2D eigenvalue weighted by atomic mass is 9.86. The number of rotatable bonds is 9. The Bertz CT molecular complexity index is 366. The molecule has 8 nitrogen and oxygen atoms in total. The fourth-order valence-electron chi connectivity index (χ4n) is 1.59. The van der Waals surface area contributed by atoms with Gasteiger partial charge in [-0.25, -0.2) is 4.57 Å². The lowest BCUT2D eigenvalue weighted by Crippen LogP contribution is -2.32. The molecule has 0 bridgehead atoms. The summed E-state index contributed by atoms with van der Waals surface area (Å²) in [7, 11) is -9.46. The molecule has 0 aromatic carbocycles. The maximum atomic E-state index is 10.7. The van der Waals surface area contributed by atoms with Crippen molar-refractivity contribution in [1.82, 2.24) is 0 Å². The highest BCUT2D eigenvalue weighted by molar-refractivity contribution is 7.46. The first-order valence-electron chi connectivity index (χ1n) is 6.22. The average Bonchev–Trinajstić information content (AvgIpc) is 2.16. The van der Waals surface area contributed by atoms with Crippen LogP contribution in [0.2, 0.25) is 0 Å². The van der Waals surface area contributed by atoms with Crippen molar-refractivity contribution in [3.63, 3.8) is 0 Å². The minimum absolute atomic E-state index is 0.0765. The molecule has 0 heterocycles. The van der Waals surface area contributed by atoms with Gasteiger partial charge in [-0.3, -0.25) is 4.52 Å². The average molecular weight is 332 g/mol. The number of hydrogen-bond donors (Lipinski definition) is 2. The molecule has 0 aromatic heterocycles. The second-order valence-corrected chi connectivity index (χ2v) is 7.93. The van der Waals surface area contributed by atoms with Crippen LogP contribution in [0.15, 0.2) is 0 Å². The van der Waals surface area contributed by atoms with Crippen molar-refractivity contribution in [1.29, 1.82) is 0 Å². The van der Waals surface area contributed by atoms with E-state index in [0.717, 1.165) is 0 Å². The molecule has 1 unspecified atom stereocenters. The molecule has 20 heavy (non-hydrogen) atoms. The number of phosphoric acid groups is 2. The normalized spacial score (nSPS) is 15.3. The molecule has 122 valence electrons. The van der Waals surface area contributed by atoms with E-state index in [0.29, 0.717) is 25.7 Å². The van der Waals surface area contributed by atoms with Crippen molar-refractivity contribution >= 4 is 15.6 Å². The van der Waals surface area contributed by atoms with Gasteiger partial charge in [-0.05, 0) is 18.3 Å². The third kappa shape index (κ3) is 12.0. The topological polar surface area (TPSA) is 139 Å². The standard InChI is InChI=1S/C10H24O8P2/c1-10(2,3)9(18-20(14,15)16)7-5-4-6-8-17-19(11,12)13/h9H,4-8H2,1-3H3,(H2,11,12,13)(H2,14,15,16)/p-2. The Morgan fingerprint density at radius 3 is 2.05 bits per heavy atom. The summed E-state index contributed by atoms with van der Waals surface area (Å²) in [6.45, 7) is 5.23. The zero-order valence-electron chi connectivity index (χ0n) is 11.9. The lowest BCUT2D eigenvalue weighted by Gasteiger charge is -2.39. The van der Waals surface area contributed by atoms with Crippen molar-refractivity contribution in [2.75, 3.05) is 6.61 Å². The third-order valence-electron chi connectivity index (χ3n) is 2.59. The fourth-order valence-corrected chi connectivity index (χ4v) is 2.69. The Hall–Kier alpha value is 0.220. The first kappa shape index (κ1) is 20.2. The molecular weight excluding hydrogens is 310 g/mol. The first-order chi connectivity index (χ1) is 8.81. The van der Waals surface area contributed by atoms with Crippen molar-refractivity contribution < 1.29 is 37.8 Å². The van der Waals surface area contributed by atoms with Gasteiger partial charge in [0.15, 0.2) is 0 Å². The molecule has 0 saturated carbocycles. The van der Waals surface area contributed by atoms with Gasteiger partial charge in [0, 0.05) is 0 Å². The minimum atomic E-state index is -5.03. The Kier molecular flexibility index (Phi) is 8.10. The van der Waals surface area contributed by atoms with Gasteiger partial charge in [0.1, 0.15) is 0 Å². The van der Waals surface area contributed by atoms with E-state index in [9.17, 15) is 18.9 Å². The van der Waals surface area contributed by atoms with Crippen molar-refractivity contribution in [3.8, 4) is 0 Å². The van der Waals surface area contributed by atoms with Crippen LogP contribution in [0, 0.1) is 5.41 Å². The maximum absolute atomic E-state index is 10.7. The van der Waals surface area contributed by atoms with Gasteiger partial charge in [0.05, 0.1) is 20.5 Å². The summed E-state index contributed by atoms with van der Waals surface area (Å²) in [6.07, 6.45) is 1.22. The largest absolute Gasteiger partial charge is 0.790 e. The van der Waals surface area contributed by atoms with E-state index in [-0.39, 0.29) is 6.61 Å². The number of hydrogen-bond acceptors (Lipinski definition) is 6. The Labute approximate surface area is 119 Å². The summed E-state index contributed by atoms with van der Waals surface area (Å²) in [5.74, 6) is 0. The molecule has 2 N–H and O–H groups in total. The Morgan fingerprint density at radius 2 is 1.65 bits per heavy atom. The molecule has 0 aliphatic carbocycles. The van der Waals surface area contributed by atoms with Crippen molar-refractivity contribution in [2.24, 2.45) is 5.41 Å². The monoisotopic (exact) mass is 332 g/mol. The van der Waals surface area contributed by atoms with Gasteiger partial charge in [0.2, 0.25) is 0 Å². The van der Waals surface area contributed by atoms with Gasteiger partial charge in [0.25, 0.3) is 0 Å². The highest BCUT2D eigenvalue weighted by Gasteiger charge is 2.26. The minimum Gasteiger partial charge on any atom is -0.790 e. The highest BCUT2D eigenvalue weighted by Crippen LogP contribution is 2.38. The van der Waals surface area contributed by atoms with Crippen LogP contribution in [0.4, 0.5) is 0 Å². The first-order valence-corrected chi connectivity index (χ1v) is 9.21. The maximum Gasteiger partial charge on any atom is 0.469 e. The quantitative estimate of drug-likeness (QED) is 0.469. The third-order valence-corrected chi connectivity index (χ3v) is 3.62. The number of phosphoric ester groups is 2. The highest BCUT2D eigenvalue weighted by atomic mass is 31.2. The predicted octanol–water partition coefficient (Wildman–Crippen LogP) is 0.916. The van der Waals surface area contributed by atoms with Crippen LogP contribution in [-0.2, 0) is 18.2 Å². The van der Waals surface area contributed by atoms with Gasteiger partial charge < -0.3 is 28.7 Å². The van der Waals surface area contributed by atoms with E-state index in [1.165, 1.54) is 0 Å². The van der Waals surface area contributed by atoms with Crippen LogP contribution < -0.4 is 9.79 Å². The molecule has 0 spiro atoms. The van der Waals surface area contributed by atoms with E-state index < -0.39 is 27.2 Å². The summed E-state index contributed by atoms with van der Waals surface area (Å²) < 4.78 is 29.9.